The van der Waals surface area contributed by atoms with Crippen molar-refractivity contribution in [3.05, 3.63) is 59.1 Å². The molecule has 2 aromatic carbocycles. The van der Waals surface area contributed by atoms with E-state index in [1.54, 1.807) is 26.4 Å². The molecule has 0 bridgehead atoms. The summed E-state index contributed by atoms with van der Waals surface area (Å²) in [5, 5.41) is 12.3. The van der Waals surface area contributed by atoms with E-state index >= 15 is 0 Å². The third-order valence-electron chi connectivity index (χ3n) is 4.07. The van der Waals surface area contributed by atoms with Crippen LogP contribution in [0.5, 0.6) is 17.2 Å². The van der Waals surface area contributed by atoms with Crippen LogP contribution in [0.4, 0.5) is 5.13 Å². The topological polar surface area (TPSA) is 82.6 Å². The number of anilines is 1. The highest BCUT2D eigenvalue weighted by Crippen LogP contribution is 2.28. The number of carbonyl (C=O) groups is 1. The van der Waals surface area contributed by atoms with Gasteiger partial charge in [0, 0.05) is 6.42 Å². The maximum Gasteiger partial charge on any atom is 0.230 e. The molecule has 0 saturated heterocycles. The van der Waals surface area contributed by atoms with Crippen LogP contribution in [-0.2, 0) is 17.6 Å². The fraction of sp³-hybridized carbons (Fsp3) is 0.286. The summed E-state index contributed by atoms with van der Waals surface area (Å²) >= 11 is 1.38. The van der Waals surface area contributed by atoms with Gasteiger partial charge in [-0.15, -0.1) is 10.2 Å². The van der Waals surface area contributed by atoms with Gasteiger partial charge < -0.3 is 19.5 Å². The van der Waals surface area contributed by atoms with E-state index in [9.17, 15) is 4.79 Å². The van der Waals surface area contributed by atoms with E-state index in [4.69, 9.17) is 14.2 Å². The summed E-state index contributed by atoms with van der Waals surface area (Å²) in [6.45, 7) is 0.602. The second-order valence-electron chi connectivity index (χ2n) is 6.18. The van der Waals surface area contributed by atoms with Crippen molar-refractivity contribution in [2.24, 2.45) is 0 Å². The molecule has 3 aromatic rings. The van der Waals surface area contributed by atoms with Crippen molar-refractivity contribution >= 4 is 22.4 Å². The summed E-state index contributed by atoms with van der Waals surface area (Å²) in [5.41, 5.74) is 0.822. The zero-order valence-electron chi connectivity index (χ0n) is 16.4. The number of hydrogen-bond acceptors (Lipinski definition) is 7. The molecule has 8 heteroatoms. The molecule has 0 unspecified atom stereocenters. The van der Waals surface area contributed by atoms with Crippen LogP contribution in [0.1, 0.15) is 17.0 Å². The monoisotopic (exact) mass is 413 g/mol. The lowest BCUT2D eigenvalue weighted by Gasteiger charge is -2.09. The van der Waals surface area contributed by atoms with Crippen LogP contribution in [0.3, 0.4) is 0 Å². The molecule has 1 aromatic heterocycles. The highest BCUT2D eigenvalue weighted by atomic mass is 32.1. The van der Waals surface area contributed by atoms with Crippen LogP contribution in [0.2, 0.25) is 0 Å². The second kappa shape index (κ2) is 10.4. The molecule has 1 heterocycles. The summed E-state index contributed by atoms with van der Waals surface area (Å²) in [6, 6.07) is 15.1. The van der Waals surface area contributed by atoms with Crippen LogP contribution in [0.15, 0.2) is 48.5 Å². The normalized spacial score (nSPS) is 10.4. The third kappa shape index (κ3) is 6.18. The molecule has 29 heavy (non-hydrogen) atoms. The summed E-state index contributed by atoms with van der Waals surface area (Å²) in [7, 11) is 3.14. The van der Waals surface area contributed by atoms with Gasteiger partial charge in [-0.25, -0.2) is 0 Å². The van der Waals surface area contributed by atoms with Crippen LogP contribution in [0, 0.1) is 0 Å². The Bertz CT molecular complexity index is 931. The van der Waals surface area contributed by atoms with Gasteiger partial charge in [0.15, 0.2) is 11.5 Å². The Balaban J connectivity index is 1.45. The van der Waals surface area contributed by atoms with Crippen molar-refractivity contribution < 1.29 is 19.0 Å². The Hall–Kier alpha value is -3.13. The van der Waals surface area contributed by atoms with Gasteiger partial charge in [-0.1, -0.05) is 35.6 Å². The molecule has 3 rings (SSSR count). The maximum atomic E-state index is 12.3. The summed E-state index contributed by atoms with van der Waals surface area (Å²) in [4.78, 5) is 12.3. The van der Waals surface area contributed by atoms with Gasteiger partial charge >= 0.3 is 0 Å². The van der Waals surface area contributed by atoms with Gasteiger partial charge in [0.25, 0.3) is 0 Å². The minimum atomic E-state index is -0.160. The van der Waals surface area contributed by atoms with E-state index in [0.29, 0.717) is 23.2 Å². The second-order valence-corrected chi connectivity index (χ2v) is 7.24. The first-order valence-electron chi connectivity index (χ1n) is 9.19. The first-order chi connectivity index (χ1) is 14.2. The Kier molecular flexibility index (Phi) is 7.40. The van der Waals surface area contributed by atoms with Crippen molar-refractivity contribution in [2.75, 3.05) is 26.1 Å². The lowest BCUT2D eigenvalue weighted by atomic mass is 10.1. The number of para-hydroxylation sites is 1. The highest BCUT2D eigenvalue weighted by Gasteiger charge is 2.11. The van der Waals surface area contributed by atoms with E-state index in [0.717, 1.165) is 29.2 Å². The van der Waals surface area contributed by atoms with Gasteiger partial charge in [-0.3, -0.25) is 4.79 Å². The van der Waals surface area contributed by atoms with Crippen LogP contribution in [-0.4, -0.2) is 36.9 Å². The number of ether oxygens (including phenoxy) is 3. The molecule has 0 aliphatic rings. The summed E-state index contributed by atoms with van der Waals surface area (Å²) in [5.74, 6) is 1.91. The van der Waals surface area contributed by atoms with Crippen molar-refractivity contribution in [1.29, 1.82) is 0 Å². The minimum absolute atomic E-state index is 0.160. The third-order valence-corrected chi connectivity index (χ3v) is 4.97. The number of rotatable bonds is 10. The number of hydrogen-bond donors (Lipinski definition) is 1. The minimum Gasteiger partial charge on any atom is -0.494 e. The largest absolute Gasteiger partial charge is 0.494 e. The van der Waals surface area contributed by atoms with Crippen LogP contribution < -0.4 is 19.5 Å². The molecule has 0 spiro atoms. The highest BCUT2D eigenvalue weighted by molar-refractivity contribution is 7.15. The number of carbonyl (C=O) groups excluding carboxylic acids is 1. The van der Waals surface area contributed by atoms with Crippen LogP contribution >= 0.6 is 11.3 Å². The first-order valence-corrected chi connectivity index (χ1v) is 10.0. The van der Waals surface area contributed by atoms with Gasteiger partial charge in [0.1, 0.15) is 10.8 Å². The lowest BCUT2D eigenvalue weighted by Crippen LogP contribution is -2.14. The standard InChI is InChI=1S/C21H23N3O4S/c1-26-17-11-10-15(13-18(17)27-2)14-19(25)22-21-24-23-20(29-21)9-6-12-28-16-7-4-3-5-8-16/h3-5,7-8,10-11,13H,6,9,12,14H2,1-2H3,(H,22,24,25). The fourth-order valence-electron chi connectivity index (χ4n) is 2.67. The summed E-state index contributed by atoms with van der Waals surface area (Å²) < 4.78 is 16.1. The molecule has 0 fully saturated rings. The predicted molar refractivity (Wildman–Crippen MR) is 112 cm³/mol. The van der Waals surface area contributed by atoms with Gasteiger partial charge in [0.05, 0.1) is 27.2 Å². The van der Waals surface area contributed by atoms with Crippen LogP contribution in [0.25, 0.3) is 0 Å². The quantitative estimate of drug-likeness (QED) is 0.510. The first kappa shape index (κ1) is 20.6. The molecule has 7 nitrogen and oxygen atoms in total. The SMILES string of the molecule is COc1ccc(CC(=O)Nc2nnc(CCCOc3ccccc3)s2)cc1OC. The van der Waals surface area contributed by atoms with E-state index in [-0.39, 0.29) is 12.3 Å². The van der Waals surface area contributed by atoms with Crippen molar-refractivity contribution in [1.82, 2.24) is 10.2 Å². The number of methoxy groups -OCH3 is 2. The molecular formula is C21H23N3O4S. The molecule has 1 amide bonds. The Morgan fingerprint density at radius 2 is 1.83 bits per heavy atom. The molecule has 0 radical (unpaired) electrons. The Morgan fingerprint density at radius 3 is 2.59 bits per heavy atom. The number of amides is 1. The van der Waals surface area contributed by atoms with E-state index in [1.165, 1.54) is 11.3 Å². The van der Waals surface area contributed by atoms with E-state index < -0.39 is 0 Å². The zero-order valence-corrected chi connectivity index (χ0v) is 17.2. The maximum absolute atomic E-state index is 12.3. The molecule has 152 valence electrons. The molecule has 0 saturated carbocycles. The van der Waals surface area contributed by atoms with E-state index in [1.807, 2.05) is 36.4 Å². The molecule has 0 aliphatic carbocycles. The predicted octanol–water partition coefficient (Wildman–Crippen LogP) is 3.75. The number of nitrogens with zero attached hydrogens (tertiary/aromatic N) is 2. The molecular weight excluding hydrogens is 390 g/mol. The summed E-state index contributed by atoms with van der Waals surface area (Å²) in [6.07, 6.45) is 1.78. The van der Waals surface area contributed by atoms with E-state index in [2.05, 4.69) is 15.5 Å². The number of nitrogens with one attached hydrogen (secondary N) is 1. The molecule has 0 aliphatic heterocycles. The zero-order chi connectivity index (χ0) is 20.5. The number of aryl methyl sites for hydroxylation is 1. The van der Waals surface area contributed by atoms with Gasteiger partial charge in [-0.05, 0) is 36.2 Å². The Labute approximate surface area is 173 Å². The van der Waals surface area contributed by atoms with Crippen molar-refractivity contribution in [3.63, 3.8) is 0 Å². The smallest absolute Gasteiger partial charge is 0.230 e. The lowest BCUT2D eigenvalue weighted by molar-refractivity contribution is -0.115. The van der Waals surface area contributed by atoms with Gasteiger partial charge in [0.2, 0.25) is 11.0 Å². The fourth-order valence-corrected chi connectivity index (χ4v) is 3.47. The average Bonchev–Trinajstić information content (AvgIpc) is 3.18. The van der Waals surface area contributed by atoms with Crippen molar-refractivity contribution in [3.8, 4) is 17.2 Å². The molecule has 1 N–H and O–H groups in total. The van der Waals surface area contributed by atoms with Crippen molar-refractivity contribution in [2.45, 2.75) is 19.3 Å². The number of benzene rings is 2. The number of aromatic nitrogens is 2. The average molecular weight is 413 g/mol. The Morgan fingerprint density at radius 1 is 1.03 bits per heavy atom. The van der Waals surface area contributed by atoms with Gasteiger partial charge in [-0.2, -0.15) is 0 Å². The molecule has 0 atom stereocenters.